The van der Waals surface area contributed by atoms with Gasteiger partial charge < -0.3 is 4.74 Å². The lowest BCUT2D eigenvalue weighted by atomic mass is 10.0. The molecule has 0 saturated heterocycles. The number of methoxy groups -OCH3 is 1. The third-order valence-corrected chi connectivity index (χ3v) is 2.24. The van der Waals surface area contributed by atoms with Crippen molar-refractivity contribution >= 4 is 17.4 Å². The summed E-state index contributed by atoms with van der Waals surface area (Å²) in [4.78, 5) is 11.5. The molecule has 0 aliphatic carbocycles. The number of ether oxygens (including phenoxy) is 1. The number of nitrogens with zero attached hydrogens (tertiary/aromatic N) is 1. The number of carbonyl (C=O) groups is 1. The van der Waals surface area contributed by atoms with E-state index in [1.807, 2.05) is 13.0 Å². The lowest BCUT2D eigenvalue weighted by molar-refractivity contribution is 0.102. The average Bonchev–Trinajstić information content (AvgIpc) is 2.26. The first-order valence-electron chi connectivity index (χ1n) is 4.32. The van der Waals surface area contributed by atoms with Gasteiger partial charge in [-0.05, 0) is 24.6 Å². The lowest BCUT2D eigenvalue weighted by Crippen LogP contribution is -2.05. The second-order valence-corrected chi connectivity index (χ2v) is 3.33. The van der Waals surface area contributed by atoms with E-state index in [1.54, 1.807) is 12.1 Å². The van der Waals surface area contributed by atoms with Crippen molar-refractivity contribution < 1.29 is 9.53 Å². The zero-order valence-corrected chi connectivity index (χ0v) is 9.26. The molecule has 15 heavy (non-hydrogen) atoms. The number of Topliss-reactive ketones (excluding diaryl/α,β-unsaturated/α-hetero) is 1. The average molecular weight is 224 g/mol. The second-order valence-electron chi connectivity index (χ2n) is 3.06. The maximum Gasteiger partial charge on any atom is 0.179 e. The quantitative estimate of drug-likeness (QED) is 0.584. The third-order valence-electron chi connectivity index (χ3n) is 2.00. The monoisotopic (exact) mass is 223 g/mol. The Kier molecular flexibility index (Phi) is 3.70. The molecule has 0 aromatic heterocycles. The first kappa shape index (κ1) is 11.5. The van der Waals surface area contributed by atoms with Crippen molar-refractivity contribution in [3.63, 3.8) is 0 Å². The van der Waals surface area contributed by atoms with Crippen molar-refractivity contribution in [2.45, 2.75) is 6.92 Å². The van der Waals surface area contributed by atoms with Crippen LogP contribution in [-0.2, 0) is 0 Å². The van der Waals surface area contributed by atoms with E-state index in [0.717, 1.165) is 5.56 Å². The van der Waals surface area contributed by atoms with Crippen molar-refractivity contribution in [3.8, 4) is 11.8 Å². The highest BCUT2D eigenvalue weighted by molar-refractivity contribution is 6.30. The number of alkyl halides is 1. The number of hydrogen-bond donors (Lipinski definition) is 0. The van der Waals surface area contributed by atoms with E-state index >= 15 is 0 Å². The molecule has 0 aliphatic heterocycles. The van der Waals surface area contributed by atoms with Crippen molar-refractivity contribution in [2.24, 2.45) is 0 Å². The number of rotatable bonds is 3. The zero-order chi connectivity index (χ0) is 11.4. The van der Waals surface area contributed by atoms with Gasteiger partial charge in [-0.1, -0.05) is 0 Å². The van der Waals surface area contributed by atoms with Crippen LogP contribution in [0, 0.1) is 18.3 Å². The van der Waals surface area contributed by atoms with Crippen molar-refractivity contribution in [2.75, 3.05) is 13.0 Å². The van der Waals surface area contributed by atoms with Gasteiger partial charge in [-0.2, -0.15) is 5.26 Å². The number of halogens is 1. The molecule has 1 rings (SSSR count). The Morgan fingerprint density at radius 1 is 1.60 bits per heavy atom. The summed E-state index contributed by atoms with van der Waals surface area (Å²) in [6.07, 6.45) is 0. The van der Waals surface area contributed by atoms with Crippen LogP contribution < -0.4 is 4.74 Å². The lowest BCUT2D eigenvalue weighted by Gasteiger charge is -2.08. The molecule has 0 saturated carbocycles. The smallest absolute Gasteiger partial charge is 0.179 e. The Morgan fingerprint density at radius 2 is 2.27 bits per heavy atom. The summed E-state index contributed by atoms with van der Waals surface area (Å²) >= 11 is 5.46. The molecule has 0 aliphatic rings. The second kappa shape index (κ2) is 4.81. The summed E-state index contributed by atoms with van der Waals surface area (Å²) in [6, 6.07) is 5.31. The molecular weight excluding hydrogens is 214 g/mol. The Balaban J connectivity index is 3.43. The maximum atomic E-state index is 11.5. The summed E-state index contributed by atoms with van der Waals surface area (Å²) in [5.74, 6) is 0.00237. The fourth-order valence-corrected chi connectivity index (χ4v) is 1.47. The highest BCUT2D eigenvalue weighted by Crippen LogP contribution is 2.24. The highest BCUT2D eigenvalue weighted by Gasteiger charge is 2.15. The van der Waals surface area contributed by atoms with E-state index in [-0.39, 0.29) is 17.2 Å². The molecule has 0 N–H and O–H groups in total. The van der Waals surface area contributed by atoms with E-state index in [2.05, 4.69) is 0 Å². The zero-order valence-electron chi connectivity index (χ0n) is 8.50. The van der Waals surface area contributed by atoms with Crippen LogP contribution in [0.25, 0.3) is 0 Å². The number of carbonyl (C=O) groups excluding carboxylic acids is 1. The first-order chi connectivity index (χ1) is 7.13. The molecule has 1 aromatic carbocycles. The molecule has 0 heterocycles. The molecule has 0 atom stereocenters. The number of nitriles is 1. The van der Waals surface area contributed by atoms with Crippen LogP contribution in [0.2, 0.25) is 0 Å². The molecule has 78 valence electrons. The van der Waals surface area contributed by atoms with Gasteiger partial charge in [0.2, 0.25) is 0 Å². The van der Waals surface area contributed by atoms with Crippen molar-refractivity contribution in [1.29, 1.82) is 5.26 Å². The summed E-state index contributed by atoms with van der Waals surface area (Å²) < 4.78 is 5.03. The topological polar surface area (TPSA) is 50.1 Å². The number of benzene rings is 1. The van der Waals surface area contributed by atoms with Crippen LogP contribution in [0.5, 0.6) is 5.75 Å². The van der Waals surface area contributed by atoms with Gasteiger partial charge in [-0.15, -0.1) is 11.6 Å². The van der Waals surface area contributed by atoms with Gasteiger partial charge in [0.1, 0.15) is 17.4 Å². The molecule has 1 aromatic rings. The molecule has 0 bridgehead atoms. The Hall–Kier alpha value is -1.53. The Morgan fingerprint density at radius 3 is 2.73 bits per heavy atom. The normalized spacial score (nSPS) is 9.47. The predicted molar refractivity (Wildman–Crippen MR) is 57.5 cm³/mol. The van der Waals surface area contributed by atoms with E-state index in [4.69, 9.17) is 21.6 Å². The summed E-state index contributed by atoms with van der Waals surface area (Å²) in [7, 11) is 1.46. The van der Waals surface area contributed by atoms with Crippen LogP contribution in [0.4, 0.5) is 0 Å². The molecule has 4 heteroatoms. The van der Waals surface area contributed by atoms with Crippen molar-refractivity contribution in [1.82, 2.24) is 0 Å². The predicted octanol–water partition coefficient (Wildman–Crippen LogP) is 2.30. The Labute approximate surface area is 93.2 Å². The fourth-order valence-electron chi connectivity index (χ4n) is 1.32. The van der Waals surface area contributed by atoms with Crippen LogP contribution in [0.15, 0.2) is 12.1 Å². The number of hydrogen-bond acceptors (Lipinski definition) is 3. The summed E-state index contributed by atoms with van der Waals surface area (Å²) in [6.45, 7) is 1.83. The van der Waals surface area contributed by atoms with Gasteiger partial charge in [0.15, 0.2) is 5.78 Å². The number of ketones is 1. The van der Waals surface area contributed by atoms with Gasteiger partial charge in [-0.3, -0.25) is 4.79 Å². The van der Waals surface area contributed by atoms with Crippen LogP contribution in [-0.4, -0.2) is 18.8 Å². The minimum absolute atomic E-state index is 0.138. The third kappa shape index (κ3) is 2.28. The largest absolute Gasteiger partial charge is 0.495 e. The van der Waals surface area contributed by atoms with Gasteiger partial charge in [0.25, 0.3) is 0 Å². The van der Waals surface area contributed by atoms with E-state index in [9.17, 15) is 4.79 Å². The van der Waals surface area contributed by atoms with E-state index in [0.29, 0.717) is 11.3 Å². The van der Waals surface area contributed by atoms with Gasteiger partial charge in [0, 0.05) is 5.56 Å². The van der Waals surface area contributed by atoms with Crippen LogP contribution >= 0.6 is 11.6 Å². The van der Waals surface area contributed by atoms with Crippen LogP contribution in [0.3, 0.4) is 0 Å². The molecule has 0 radical (unpaired) electrons. The number of aryl methyl sites for hydroxylation is 1. The van der Waals surface area contributed by atoms with Gasteiger partial charge in [-0.25, -0.2) is 0 Å². The SMILES string of the molecule is COc1cc(C)cc(C(=O)CCl)c1C#N. The molecule has 3 nitrogen and oxygen atoms in total. The summed E-state index contributed by atoms with van der Waals surface area (Å²) in [5.41, 5.74) is 1.43. The molecule has 0 fully saturated rings. The standard InChI is InChI=1S/C11H10ClNO2/c1-7-3-8(10(14)5-12)9(6-13)11(4-7)15-2/h3-4H,5H2,1-2H3. The van der Waals surface area contributed by atoms with Crippen molar-refractivity contribution in [3.05, 3.63) is 28.8 Å². The van der Waals surface area contributed by atoms with E-state index < -0.39 is 0 Å². The highest BCUT2D eigenvalue weighted by atomic mass is 35.5. The molecule has 0 amide bonds. The fraction of sp³-hybridized carbons (Fsp3) is 0.273. The Bertz CT molecular complexity index is 435. The molecule has 0 unspecified atom stereocenters. The van der Waals surface area contributed by atoms with Gasteiger partial charge in [0.05, 0.1) is 13.0 Å². The first-order valence-corrected chi connectivity index (χ1v) is 4.85. The van der Waals surface area contributed by atoms with Crippen LogP contribution in [0.1, 0.15) is 21.5 Å². The van der Waals surface area contributed by atoms with E-state index in [1.165, 1.54) is 7.11 Å². The van der Waals surface area contributed by atoms with Gasteiger partial charge >= 0.3 is 0 Å². The molecular formula is C11H10ClNO2. The maximum absolute atomic E-state index is 11.5. The summed E-state index contributed by atoms with van der Waals surface area (Å²) in [5, 5.41) is 8.94. The minimum Gasteiger partial charge on any atom is -0.495 e. The molecule has 0 spiro atoms. The minimum atomic E-state index is -0.268.